The van der Waals surface area contributed by atoms with Crippen molar-refractivity contribution in [3.8, 4) is 0 Å². The number of hydrogen-bond donors (Lipinski definition) is 1. The van der Waals surface area contributed by atoms with Crippen LogP contribution in [0.3, 0.4) is 0 Å². The lowest BCUT2D eigenvalue weighted by molar-refractivity contribution is 0.244. The molecule has 2 aromatic heterocycles. The minimum atomic E-state index is 0.449. The maximum Gasteiger partial charge on any atom is 0.0704 e. The molecule has 3 rings (SSSR count). The van der Waals surface area contributed by atoms with E-state index in [1.54, 1.807) is 11.3 Å². The predicted octanol–water partition coefficient (Wildman–Crippen LogP) is 3.50. The quantitative estimate of drug-likeness (QED) is 0.931. The molecule has 0 bridgehead atoms. The van der Waals surface area contributed by atoms with Crippen molar-refractivity contribution >= 4 is 22.7 Å². The fraction of sp³-hybridized carbons (Fsp3) is 0.467. The van der Waals surface area contributed by atoms with Crippen molar-refractivity contribution in [1.82, 2.24) is 10.2 Å². The van der Waals surface area contributed by atoms with Crippen LogP contribution >= 0.6 is 22.7 Å². The summed E-state index contributed by atoms with van der Waals surface area (Å²) in [5, 5.41) is 8.00. The molecule has 0 aliphatic carbocycles. The summed E-state index contributed by atoms with van der Waals surface area (Å²) in [5.41, 5.74) is 1.45. The highest BCUT2D eigenvalue weighted by molar-refractivity contribution is 7.12. The van der Waals surface area contributed by atoms with Gasteiger partial charge >= 0.3 is 0 Å². The second-order valence-corrected chi connectivity index (χ2v) is 7.15. The molecular weight excluding hydrogens is 272 g/mol. The molecule has 1 aliphatic rings. The molecule has 0 amide bonds. The normalized spacial score (nSPS) is 19.2. The van der Waals surface area contributed by atoms with Gasteiger partial charge in [0, 0.05) is 29.4 Å². The summed E-state index contributed by atoms with van der Waals surface area (Å²) >= 11 is 3.74. The van der Waals surface area contributed by atoms with E-state index in [1.807, 2.05) is 11.3 Å². The Kier molecular flexibility index (Phi) is 4.33. The molecule has 2 aromatic rings. The predicted molar refractivity (Wildman–Crippen MR) is 84.3 cm³/mol. The van der Waals surface area contributed by atoms with Gasteiger partial charge in [0.15, 0.2) is 0 Å². The van der Waals surface area contributed by atoms with Crippen LogP contribution in [-0.2, 0) is 0 Å². The molecule has 0 spiro atoms. The molecule has 0 aromatic carbocycles. The summed E-state index contributed by atoms with van der Waals surface area (Å²) in [6, 6.07) is 7.28. The summed E-state index contributed by atoms with van der Waals surface area (Å²) in [5.74, 6) is 0. The lowest BCUT2D eigenvalue weighted by Crippen LogP contribution is -2.32. The molecule has 1 unspecified atom stereocenters. The van der Waals surface area contributed by atoms with E-state index in [2.05, 4.69) is 46.1 Å². The van der Waals surface area contributed by atoms with E-state index in [4.69, 9.17) is 0 Å². The van der Waals surface area contributed by atoms with Gasteiger partial charge < -0.3 is 5.32 Å². The van der Waals surface area contributed by atoms with Crippen LogP contribution in [0.15, 0.2) is 29.0 Å². The Morgan fingerprint density at radius 2 is 2.16 bits per heavy atom. The Bertz CT molecular complexity index is 496. The van der Waals surface area contributed by atoms with Gasteiger partial charge in [0.2, 0.25) is 0 Å². The van der Waals surface area contributed by atoms with E-state index in [0.29, 0.717) is 6.04 Å². The summed E-state index contributed by atoms with van der Waals surface area (Å²) in [6.45, 7) is 6.77. The molecule has 2 nitrogen and oxygen atoms in total. The van der Waals surface area contributed by atoms with E-state index < -0.39 is 0 Å². The first-order valence-corrected chi connectivity index (χ1v) is 8.64. The highest BCUT2D eigenvalue weighted by Crippen LogP contribution is 2.34. The number of nitrogens with one attached hydrogen (secondary N) is 1. The average Bonchev–Trinajstić information content (AvgIpc) is 2.98. The SMILES string of the molecule is Cc1ccc(C(c2ccsc2)N2CCCNCC2)s1. The van der Waals surface area contributed by atoms with E-state index in [1.165, 1.54) is 28.3 Å². The molecule has 1 atom stereocenters. The first-order valence-electron chi connectivity index (χ1n) is 6.88. The van der Waals surface area contributed by atoms with Gasteiger partial charge in [-0.05, 0) is 54.4 Å². The fourth-order valence-corrected chi connectivity index (χ4v) is 4.43. The lowest BCUT2D eigenvalue weighted by atomic mass is 10.1. The zero-order chi connectivity index (χ0) is 13.1. The topological polar surface area (TPSA) is 15.3 Å². The van der Waals surface area contributed by atoms with Crippen LogP contribution in [0.4, 0.5) is 0 Å². The molecule has 3 heterocycles. The maximum atomic E-state index is 3.50. The van der Waals surface area contributed by atoms with Crippen LogP contribution < -0.4 is 5.32 Å². The molecule has 0 radical (unpaired) electrons. The maximum absolute atomic E-state index is 3.50. The summed E-state index contributed by atoms with van der Waals surface area (Å²) in [6.07, 6.45) is 1.24. The molecule has 19 heavy (non-hydrogen) atoms. The van der Waals surface area contributed by atoms with Gasteiger partial charge in [0.25, 0.3) is 0 Å². The number of thiophene rings is 2. The van der Waals surface area contributed by atoms with Gasteiger partial charge in [-0.1, -0.05) is 0 Å². The van der Waals surface area contributed by atoms with Gasteiger partial charge in [-0.3, -0.25) is 4.90 Å². The number of hydrogen-bond acceptors (Lipinski definition) is 4. The summed E-state index contributed by atoms with van der Waals surface area (Å²) in [4.78, 5) is 5.52. The van der Waals surface area contributed by atoms with Crippen molar-refractivity contribution < 1.29 is 0 Å². The molecule has 1 saturated heterocycles. The molecule has 0 saturated carbocycles. The Labute approximate surface area is 123 Å². The lowest BCUT2D eigenvalue weighted by Gasteiger charge is -2.29. The summed E-state index contributed by atoms with van der Waals surface area (Å²) < 4.78 is 0. The van der Waals surface area contributed by atoms with Gasteiger partial charge in [-0.15, -0.1) is 11.3 Å². The standard InChI is InChI=1S/C15H20N2S2/c1-12-3-4-14(19-12)15(13-5-10-18-11-13)17-8-2-6-16-7-9-17/h3-5,10-11,15-16H,2,6-9H2,1H3. The molecule has 102 valence electrons. The van der Waals surface area contributed by atoms with Gasteiger partial charge in [-0.25, -0.2) is 0 Å². The molecular formula is C15H20N2S2. The Morgan fingerprint density at radius 1 is 1.21 bits per heavy atom. The van der Waals surface area contributed by atoms with Crippen molar-refractivity contribution in [3.05, 3.63) is 44.3 Å². The highest BCUT2D eigenvalue weighted by Gasteiger charge is 2.24. The van der Waals surface area contributed by atoms with Gasteiger partial charge in [-0.2, -0.15) is 11.3 Å². The Balaban J connectivity index is 1.91. The van der Waals surface area contributed by atoms with Crippen LogP contribution in [0, 0.1) is 6.92 Å². The molecule has 1 N–H and O–H groups in total. The van der Waals surface area contributed by atoms with Crippen LogP contribution in [0.1, 0.15) is 27.8 Å². The third-order valence-electron chi connectivity index (χ3n) is 3.63. The molecule has 1 aliphatic heterocycles. The zero-order valence-corrected chi connectivity index (χ0v) is 12.9. The Hall–Kier alpha value is -0.680. The second-order valence-electron chi connectivity index (χ2n) is 5.05. The van der Waals surface area contributed by atoms with Crippen LogP contribution in [0.5, 0.6) is 0 Å². The first kappa shape index (κ1) is 13.3. The minimum Gasteiger partial charge on any atom is -0.315 e. The first-order chi connectivity index (χ1) is 9.34. The average molecular weight is 292 g/mol. The third kappa shape index (κ3) is 3.08. The van der Waals surface area contributed by atoms with Crippen molar-refractivity contribution in [2.24, 2.45) is 0 Å². The monoisotopic (exact) mass is 292 g/mol. The van der Waals surface area contributed by atoms with Crippen molar-refractivity contribution in [3.63, 3.8) is 0 Å². The van der Waals surface area contributed by atoms with Crippen molar-refractivity contribution in [2.75, 3.05) is 26.2 Å². The van der Waals surface area contributed by atoms with E-state index in [0.717, 1.165) is 19.6 Å². The number of aryl methyl sites for hydroxylation is 1. The second kappa shape index (κ2) is 6.18. The smallest absolute Gasteiger partial charge is 0.0704 e. The van der Waals surface area contributed by atoms with Crippen LogP contribution in [0.2, 0.25) is 0 Å². The fourth-order valence-electron chi connectivity index (χ4n) is 2.71. The highest BCUT2D eigenvalue weighted by atomic mass is 32.1. The third-order valence-corrected chi connectivity index (χ3v) is 5.38. The summed E-state index contributed by atoms with van der Waals surface area (Å²) in [7, 11) is 0. The Morgan fingerprint density at radius 3 is 2.89 bits per heavy atom. The number of rotatable bonds is 3. The van der Waals surface area contributed by atoms with Crippen molar-refractivity contribution in [2.45, 2.75) is 19.4 Å². The van der Waals surface area contributed by atoms with Crippen LogP contribution in [-0.4, -0.2) is 31.1 Å². The molecule has 4 heteroatoms. The van der Waals surface area contributed by atoms with Crippen molar-refractivity contribution in [1.29, 1.82) is 0 Å². The zero-order valence-electron chi connectivity index (χ0n) is 11.3. The van der Waals surface area contributed by atoms with E-state index in [-0.39, 0.29) is 0 Å². The minimum absolute atomic E-state index is 0.449. The number of nitrogens with zero attached hydrogens (tertiary/aromatic N) is 1. The van der Waals surface area contributed by atoms with E-state index in [9.17, 15) is 0 Å². The van der Waals surface area contributed by atoms with Gasteiger partial charge in [0.05, 0.1) is 6.04 Å². The largest absolute Gasteiger partial charge is 0.315 e. The van der Waals surface area contributed by atoms with Crippen LogP contribution in [0.25, 0.3) is 0 Å². The van der Waals surface area contributed by atoms with Gasteiger partial charge in [0.1, 0.15) is 0 Å². The van der Waals surface area contributed by atoms with E-state index >= 15 is 0 Å². The molecule has 1 fully saturated rings.